The summed E-state index contributed by atoms with van der Waals surface area (Å²) in [7, 11) is 0. The van der Waals surface area contributed by atoms with Crippen molar-refractivity contribution in [2.24, 2.45) is 10.8 Å². The topological polar surface area (TPSA) is 124 Å². The summed E-state index contributed by atoms with van der Waals surface area (Å²) < 4.78 is 0. The number of benzene rings is 1. The second-order valence-electron chi connectivity index (χ2n) is 6.25. The minimum Gasteiger partial charge on any atom is -0.481 e. The van der Waals surface area contributed by atoms with Crippen molar-refractivity contribution in [3.63, 3.8) is 0 Å². The van der Waals surface area contributed by atoms with Gasteiger partial charge in [0.25, 0.3) is 5.91 Å². The molecule has 1 aromatic rings. The van der Waals surface area contributed by atoms with Crippen molar-refractivity contribution in [2.45, 2.75) is 6.42 Å². The first-order valence-corrected chi connectivity index (χ1v) is 7.40. The first-order chi connectivity index (χ1) is 11.3. The highest BCUT2D eigenvalue weighted by Crippen LogP contribution is 2.68. The van der Waals surface area contributed by atoms with Crippen molar-refractivity contribution in [3.8, 4) is 0 Å². The Hall–Kier alpha value is -2.90. The van der Waals surface area contributed by atoms with E-state index in [4.69, 9.17) is 0 Å². The van der Waals surface area contributed by atoms with Crippen LogP contribution in [0.1, 0.15) is 16.8 Å². The van der Waals surface area contributed by atoms with E-state index in [9.17, 15) is 29.4 Å². The zero-order chi connectivity index (χ0) is 17.5. The van der Waals surface area contributed by atoms with Crippen LogP contribution in [0, 0.1) is 10.8 Å². The van der Waals surface area contributed by atoms with Gasteiger partial charge in [0.05, 0.1) is 6.54 Å². The zero-order valence-electron chi connectivity index (χ0n) is 12.7. The smallest absolute Gasteiger partial charge is 0.312 e. The lowest BCUT2D eigenvalue weighted by Gasteiger charge is -2.20. The molecule has 0 unspecified atom stereocenters. The molecule has 3 N–H and O–H groups in total. The van der Waals surface area contributed by atoms with Crippen molar-refractivity contribution in [2.75, 3.05) is 19.6 Å². The summed E-state index contributed by atoms with van der Waals surface area (Å²) in [5.41, 5.74) is -2.41. The van der Waals surface area contributed by atoms with Crippen LogP contribution < -0.4 is 5.32 Å². The molecule has 1 aliphatic carbocycles. The number of amides is 2. The van der Waals surface area contributed by atoms with Gasteiger partial charge < -0.3 is 20.4 Å². The van der Waals surface area contributed by atoms with Crippen LogP contribution in [-0.2, 0) is 14.4 Å². The van der Waals surface area contributed by atoms with E-state index in [0.29, 0.717) is 5.56 Å². The Morgan fingerprint density at radius 1 is 1.00 bits per heavy atom. The molecular formula is C16H16N2O6. The normalized spacial score (nSPS) is 27.2. The van der Waals surface area contributed by atoms with E-state index in [-0.39, 0.29) is 26.1 Å². The Morgan fingerprint density at radius 3 is 2.04 bits per heavy atom. The average molecular weight is 332 g/mol. The number of carbonyl (C=O) groups is 4. The third-order valence-corrected chi connectivity index (χ3v) is 4.92. The van der Waals surface area contributed by atoms with Gasteiger partial charge in [0, 0.05) is 18.7 Å². The van der Waals surface area contributed by atoms with Gasteiger partial charge in [0.1, 0.15) is 10.8 Å². The van der Waals surface area contributed by atoms with Crippen LogP contribution in [0.15, 0.2) is 30.3 Å². The van der Waals surface area contributed by atoms with Crippen LogP contribution in [-0.4, -0.2) is 58.5 Å². The number of fused-ring (bicyclic) bond motifs is 1. The third kappa shape index (κ3) is 2.22. The molecule has 24 heavy (non-hydrogen) atoms. The van der Waals surface area contributed by atoms with Gasteiger partial charge in [-0.3, -0.25) is 19.2 Å². The second-order valence-corrected chi connectivity index (χ2v) is 6.25. The van der Waals surface area contributed by atoms with Gasteiger partial charge in [0.15, 0.2) is 0 Å². The molecule has 8 heteroatoms. The van der Waals surface area contributed by atoms with Gasteiger partial charge in [-0.15, -0.1) is 0 Å². The molecule has 126 valence electrons. The lowest BCUT2D eigenvalue weighted by molar-refractivity contribution is -0.151. The number of carboxylic acid groups (broad SMARTS) is 2. The molecule has 2 fully saturated rings. The van der Waals surface area contributed by atoms with Crippen molar-refractivity contribution in [3.05, 3.63) is 35.9 Å². The molecule has 2 amide bonds. The highest BCUT2D eigenvalue weighted by molar-refractivity contribution is 5.98. The molecule has 8 nitrogen and oxygen atoms in total. The van der Waals surface area contributed by atoms with E-state index in [1.807, 2.05) is 0 Å². The molecule has 2 atom stereocenters. The maximum absolute atomic E-state index is 12.2. The summed E-state index contributed by atoms with van der Waals surface area (Å²) >= 11 is 0. The van der Waals surface area contributed by atoms with Crippen molar-refractivity contribution in [1.82, 2.24) is 10.2 Å². The molecule has 0 bridgehead atoms. The maximum Gasteiger partial charge on any atom is 0.312 e. The predicted molar refractivity (Wildman–Crippen MR) is 80.1 cm³/mol. The number of hydrogen-bond acceptors (Lipinski definition) is 4. The Balaban J connectivity index is 1.62. The van der Waals surface area contributed by atoms with E-state index >= 15 is 0 Å². The number of carboxylic acids is 2. The van der Waals surface area contributed by atoms with E-state index < -0.39 is 34.6 Å². The Morgan fingerprint density at radius 2 is 1.54 bits per heavy atom. The molecule has 2 aliphatic rings. The molecule has 1 aromatic carbocycles. The number of piperidine rings is 1. The van der Waals surface area contributed by atoms with Gasteiger partial charge in [-0.1, -0.05) is 18.2 Å². The van der Waals surface area contributed by atoms with Crippen LogP contribution in [0.25, 0.3) is 0 Å². The molecule has 1 saturated carbocycles. The summed E-state index contributed by atoms with van der Waals surface area (Å²) in [5.74, 6) is -3.32. The van der Waals surface area contributed by atoms with Crippen LogP contribution in [0.2, 0.25) is 0 Å². The summed E-state index contributed by atoms with van der Waals surface area (Å²) in [4.78, 5) is 48.2. The number of likely N-dealkylation sites (tertiary alicyclic amines) is 1. The minimum atomic E-state index is -1.40. The SMILES string of the molecule is O=C(NCC(=O)N1C[C@@]2(C(=O)O)C[C@@]2(C(=O)O)C1)c1ccccc1. The maximum atomic E-state index is 12.2. The van der Waals surface area contributed by atoms with Crippen molar-refractivity contribution in [1.29, 1.82) is 0 Å². The van der Waals surface area contributed by atoms with Crippen LogP contribution >= 0.6 is 0 Å². The van der Waals surface area contributed by atoms with Crippen molar-refractivity contribution >= 4 is 23.8 Å². The van der Waals surface area contributed by atoms with Crippen LogP contribution in [0.3, 0.4) is 0 Å². The number of carbonyl (C=O) groups excluding carboxylic acids is 2. The number of nitrogens with one attached hydrogen (secondary N) is 1. The van der Waals surface area contributed by atoms with E-state index in [2.05, 4.69) is 5.32 Å². The van der Waals surface area contributed by atoms with E-state index in [1.165, 1.54) is 4.90 Å². The summed E-state index contributed by atoms with van der Waals surface area (Å²) in [6.07, 6.45) is 0.0326. The van der Waals surface area contributed by atoms with Crippen LogP contribution in [0.5, 0.6) is 0 Å². The van der Waals surface area contributed by atoms with Crippen LogP contribution in [0.4, 0.5) is 0 Å². The molecule has 1 saturated heterocycles. The monoisotopic (exact) mass is 332 g/mol. The first-order valence-electron chi connectivity index (χ1n) is 7.40. The van der Waals surface area contributed by atoms with Crippen molar-refractivity contribution < 1.29 is 29.4 Å². The fraction of sp³-hybridized carbons (Fsp3) is 0.375. The first kappa shape index (κ1) is 16.0. The Kier molecular flexibility index (Phi) is 3.55. The predicted octanol–water partition coefficient (Wildman–Crippen LogP) is -0.196. The molecule has 0 radical (unpaired) electrons. The highest BCUT2D eigenvalue weighted by Gasteiger charge is 2.81. The number of aliphatic carboxylic acids is 2. The molecule has 1 heterocycles. The molecule has 3 rings (SSSR count). The molecular weight excluding hydrogens is 316 g/mol. The zero-order valence-corrected chi connectivity index (χ0v) is 12.7. The van der Waals surface area contributed by atoms with Gasteiger partial charge in [-0.2, -0.15) is 0 Å². The fourth-order valence-corrected chi connectivity index (χ4v) is 3.42. The Labute approximate surface area is 137 Å². The lowest BCUT2D eigenvalue weighted by atomic mass is 9.97. The minimum absolute atomic E-state index is 0.0326. The highest BCUT2D eigenvalue weighted by atomic mass is 16.4. The second kappa shape index (κ2) is 5.33. The van der Waals surface area contributed by atoms with Gasteiger partial charge in [0.2, 0.25) is 5.91 Å². The number of hydrogen-bond donors (Lipinski definition) is 3. The summed E-state index contributed by atoms with van der Waals surface area (Å²) in [6, 6.07) is 8.35. The van der Waals surface area contributed by atoms with E-state index in [1.54, 1.807) is 30.3 Å². The molecule has 0 spiro atoms. The third-order valence-electron chi connectivity index (χ3n) is 4.92. The largest absolute Gasteiger partial charge is 0.481 e. The average Bonchev–Trinajstić information content (AvgIpc) is 3.11. The summed E-state index contributed by atoms with van der Waals surface area (Å²) in [6.45, 7) is -0.595. The van der Waals surface area contributed by atoms with Gasteiger partial charge in [-0.05, 0) is 18.6 Å². The quantitative estimate of drug-likeness (QED) is 0.686. The lowest BCUT2D eigenvalue weighted by Crippen LogP contribution is -2.41. The number of nitrogens with zero attached hydrogens (tertiary/aromatic N) is 1. The molecule has 0 aromatic heterocycles. The fourth-order valence-electron chi connectivity index (χ4n) is 3.42. The summed E-state index contributed by atoms with van der Waals surface area (Å²) in [5, 5.41) is 21.1. The van der Waals surface area contributed by atoms with Gasteiger partial charge >= 0.3 is 11.9 Å². The standard InChI is InChI=1S/C16H16N2O6/c19-11(6-17-12(20)10-4-2-1-3-5-10)18-8-15(13(21)22)7-16(15,9-18)14(23)24/h1-5H,6-9H2,(H,17,20)(H,21,22)(H,23,24)/t15-,16+. The molecule has 1 aliphatic heterocycles. The van der Waals surface area contributed by atoms with Gasteiger partial charge in [-0.25, -0.2) is 0 Å². The Bertz CT molecular complexity index is 705. The van der Waals surface area contributed by atoms with E-state index in [0.717, 1.165) is 0 Å². The number of rotatable bonds is 5.